The van der Waals surface area contributed by atoms with E-state index in [1.54, 1.807) is 11.3 Å². The van der Waals surface area contributed by atoms with Crippen LogP contribution in [-0.4, -0.2) is 6.61 Å². The zero-order valence-corrected chi connectivity index (χ0v) is 13.2. The molecule has 1 nitrogen and oxygen atoms in total. The van der Waals surface area contributed by atoms with Crippen molar-refractivity contribution in [2.75, 3.05) is 6.61 Å². The molecule has 1 aromatic heterocycles. The topological polar surface area (TPSA) is 9.23 Å². The summed E-state index contributed by atoms with van der Waals surface area (Å²) in [5, 5.41) is 3.50. The molecule has 0 amide bonds. The van der Waals surface area contributed by atoms with Crippen LogP contribution in [0.1, 0.15) is 20.8 Å². The summed E-state index contributed by atoms with van der Waals surface area (Å²) in [5.41, 5.74) is 2.23. The van der Waals surface area contributed by atoms with Crippen LogP contribution in [0.3, 0.4) is 0 Å². The van der Waals surface area contributed by atoms with Crippen LogP contribution >= 0.6 is 50.5 Å². The molecule has 1 atom stereocenters. The summed E-state index contributed by atoms with van der Waals surface area (Å²) >= 11 is 17.7. The van der Waals surface area contributed by atoms with E-state index in [1.165, 1.54) is 5.56 Å². The SMILES string of the molecule is Clc1cc2c(c(C(Br)c3sccc3Cl)c1)OCC2. The molecule has 0 N–H and O–H groups in total. The summed E-state index contributed by atoms with van der Waals surface area (Å²) in [7, 11) is 0. The summed E-state index contributed by atoms with van der Waals surface area (Å²) < 4.78 is 5.72. The Kier molecular flexibility index (Phi) is 3.59. The summed E-state index contributed by atoms with van der Waals surface area (Å²) in [6.07, 6.45) is 0.917. The van der Waals surface area contributed by atoms with Crippen LogP contribution < -0.4 is 4.74 Å². The molecule has 3 rings (SSSR count). The Morgan fingerprint density at radius 3 is 2.89 bits per heavy atom. The van der Waals surface area contributed by atoms with E-state index in [2.05, 4.69) is 15.9 Å². The van der Waals surface area contributed by atoms with Gasteiger partial charge in [0, 0.05) is 21.9 Å². The molecule has 2 heterocycles. The first-order valence-corrected chi connectivity index (χ1v) is 8.04. The monoisotopic (exact) mass is 362 g/mol. The Bertz CT molecular complexity index is 597. The molecule has 0 fully saturated rings. The number of hydrogen-bond acceptors (Lipinski definition) is 2. The van der Waals surface area contributed by atoms with Gasteiger partial charge in [0.25, 0.3) is 0 Å². The zero-order chi connectivity index (χ0) is 12.7. The number of rotatable bonds is 2. The predicted octanol–water partition coefficient (Wildman–Crippen LogP) is 5.47. The van der Waals surface area contributed by atoms with E-state index in [1.807, 2.05) is 23.6 Å². The van der Waals surface area contributed by atoms with E-state index in [9.17, 15) is 0 Å². The number of halogens is 3. The standard InChI is InChI=1S/C13H9BrCl2OS/c14-11(13-10(16)2-4-18-13)9-6-8(15)5-7-1-3-17-12(7)9/h2,4-6,11H,1,3H2. The molecule has 0 radical (unpaired) electrons. The van der Waals surface area contributed by atoms with Crippen LogP contribution in [0.2, 0.25) is 10.0 Å². The van der Waals surface area contributed by atoms with E-state index in [4.69, 9.17) is 27.9 Å². The lowest BCUT2D eigenvalue weighted by Crippen LogP contribution is -1.96. The molecule has 2 aromatic rings. The maximum absolute atomic E-state index is 6.18. The molecule has 18 heavy (non-hydrogen) atoms. The molecule has 5 heteroatoms. The first-order valence-electron chi connectivity index (χ1n) is 5.49. The minimum Gasteiger partial charge on any atom is -0.493 e. The molecule has 0 saturated heterocycles. The molecular formula is C13H9BrCl2OS. The van der Waals surface area contributed by atoms with E-state index >= 15 is 0 Å². The zero-order valence-electron chi connectivity index (χ0n) is 9.25. The highest BCUT2D eigenvalue weighted by Crippen LogP contribution is 2.45. The average molecular weight is 364 g/mol. The second kappa shape index (κ2) is 5.04. The van der Waals surface area contributed by atoms with Crippen LogP contribution in [0.4, 0.5) is 0 Å². The van der Waals surface area contributed by atoms with Gasteiger partial charge in [0.1, 0.15) is 5.75 Å². The molecule has 0 saturated carbocycles. The van der Waals surface area contributed by atoms with Crippen molar-refractivity contribution < 1.29 is 4.74 Å². The van der Waals surface area contributed by atoms with Crippen molar-refractivity contribution in [3.05, 3.63) is 49.6 Å². The lowest BCUT2D eigenvalue weighted by atomic mass is 10.0. The number of alkyl halides is 1. The second-order valence-corrected chi connectivity index (χ2v) is 6.78. The highest BCUT2D eigenvalue weighted by molar-refractivity contribution is 9.09. The van der Waals surface area contributed by atoms with Gasteiger partial charge in [-0.1, -0.05) is 39.1 Å². The predicted molar refractivity (Wildman–Crippen MR) is 80.8 cm³/mol. The minimum atomic E-state index is 0.0237. The first kappa shape index (κ1) is 12.8. The number of fused-ring (bicyclic) bond motifs is 1. The number of thiophene rings is 1. The van der Waals surface area contributed by atoms with E-state index < -0.39 is 0 Å². The third-order valence-electron chi connectivity index (χ3n) is 2.93. The first-order chi connectivity index (χ1) is 8.66. The van der Waals surface area contributed by atoms with Crippen LogP contribution in [0.5, 0.6) is 5.75 Å². The van der Waals surface area contributed by atoms with Crippen molar-refractivity contribution in [1.29, 1.82) is 0 Å². The largest absolute Gasteiger partial charge is 0.493 e. The smallest absolute Gasteiger partial charge is 0.127 e. The Labute approximate surface area is 128 Å². The van der Waals surface area contributed by atoms with Gasteiger partial charge in [-0.3, -0.25) is 0 Å². The van der Waals surface area contributed by atoms with Gasteiger partial charge in [0.2, 0.25) is 0 Å². The van der Waals surface area contributed by atoms with Crippen molar-refractivity contribution in [2.24, 2.45) is 0 Å². The summed E-state index contributed by atoms with van der Waals surface area (Å²) in [6, 6.07) is 5.83. The van der Waals surface area contributed by atoms with Gasteiger partial charge in [-0.25, -0.2) is 0 Å². The van der Waals surface area contributed by atoms with Gasteiger partial charge >= 0.3 is 0 Å². The molecule has 1 aromatic carbocycles. The van der Waals surface area contributed by atoms with Crippen LogP contribution in [0.15, 0.2) is 23.6 Å². The van der Waals surface area contributed by atoms with Gasteiger partial charge < -0.3 is 4.74 Å². The van der Waals surface area contributed by atoms with Gasteiger partial charge in [0.15, 0.2) is 0 Å². The maximum atomic E-state index is 6.18. The summed E-state index contributed by atoms with van der Waals surface area (Å²) in [5.74, 6) is 0.950. The van der Waals surface area contributed by atoms with Crippen molar-refractivity contribution >= 4 is 50.5 Å². The highest BCUT2D eigenvalue weighted by atomic mass is 79.9. The Hall–Kier alpha value is -0.220. The summed E-state index contributed by atoms with van der Waals surface area (Å²) in [6.45, 7) is 0.723. The van der Waals surface area contributed by atoms with Crippen molar-refractivity contribution in [3.8, 4) is 5.75 Å². The van der Waals surface area contributed by atoms with Crippen molar-refractivity contribution in [1.82, 2.24) is 0 Å². The van der Waals surface area contributed by atoms with Crippen molar-refractivity contribution in [3.63, 3.8) is 0 Å². The molecule has 94 valence electrons. The second-order valence-electron chi connectivity index (χ2n) is 4.08. The molecule has 0 bridgehead atoms. The third kappa shape index (κ3) is 2.18. The molecule has 1 aliphatic heterocycles. The molecule has 1 aliphatic rings. The number of benzene rings is 1. The molecule has 1 unspecified atom stereocenters. The Balaban J connectivity index is 2.10. The quantitative estimate of drug-likeness (QED) is 0.642. The number of ether oxygens (including phenoxy) is 1. The van der Waals surface area contributed by atoms with E-state index in [-0.39, 0.29) is 4.83 Å². The summed E-state index contributed by atoms with van der Waals surface area (Å²) in [4.78, 5) is 1.10. The van der Waals surface area contributed by atoms with Gasteiger partial charge in [-0.05, 0) is 29.1 Å². The molecule has 0 spiro atoms. The minimum absolute atomic E-state index is 0.0237. The lowest BCUT2D eigenvalue weighted by molar-refractivity contribution is 0.354. The fourth-order valence-corrected chi connectivity index (χ4v) is 4.56. The lowest BCUT2D eigenvalue weighted by Gasteiger charge is -2.14. The van der Waals surface area contributed by atoms with Crippen LogP contribution in [0, 0.1) is 0 Å². The van der Waals surface area contributed by atoms with Gasteiger partial charge in [-0.2, -0.15) is 0 Å². The van der Waals surface area contributed by atoms with Crippen molar-refractivity contribution in [2.45, 2.75) is 11.2 Å². The number of hydrogen-bond donors (Lipinski definition) is 0. The fraction of sp³-hybridized carbons (Fsp3) is 0.231. The van der Waals surface area contributed by atoms with Crippen LogP contribution in [-0.2, 0) is 6.42 Å². The Morgan fingerprint density at radius 1 is 1.33 bits per heavy atom. The van der Waals surface area contributed by atoms with Gasteiger partial charge in [0.05, 0.1) is 16.5 Å². The molecule has 0 aliphatic carbocycles. The van der Waals surface area contributed by atoms with Crippen LogP contribution in [0.25, 0.3) is 0 Å². The normalized spacial score (nSPS) is 15.3. The Morgan fingerprint density at radius 2 is 2.17 bits per heavy atom. The maximum Gasteiger partial charge on any atom is 0.127 e. The third-order valence-corrected chi connectivity index (χ3v) is 5.82. The van der Waals surface area contributed by atoms with E-state index in [0.29, 0.717) is 0 Å². The fourth-order valence-electron chi connectivity index (χ4n) is 2.11. The highest BCUT2D eigenvalue weighted by Gasteiger charge is 2.24. The molecular weight excluding hydrogens is 355 g/mol. The van der Waals surface area contributed by atoms with Gasteiger partial charge in [-0.15, -0.1) is 11.3 Å². The van der Waals surface area contributed by atoms with E-state index in [0.717, 1.165) is 39.3 Å². The average Bonchev–Trinajstić information content (AvgIpc) is 2.95.